The predicted molar refractivity (Wildman–Crippen MR) is 102 cm³/mol. The second-order valence-electron chi connectivity index (χ2n) is 6.72. The highest BCUT2D eigenvalue weighted by Crippen LogP contribution is 2.19. The van der Waals surface area contributed by atoms with Gasteiger partial charge >= 0.3 is 6.09 Å². The topological polar surface area (TPSA) is 66.0 Å². The van der Waals surface area contributed by atoms with Crippen LogP contribution in [0.4, 0.5) is 4.79 Å². The first-order valence-corrected chi connectivity index (χ1v) is 9.87. The Kier molecular flexibility index (Phi) is 8.63. The van der Waals surface area contributed by atoms with Crippen molar-refractivity contribution in [3.05, 3.63) is 11.6 Å². The second kappa shape index (κ2) is 11.0. The molecule has 1 aliphatic heterocycles. The maximum Gasteiger partial charge on any atom is 0.409 e. The van der Waals surface area contributed by atoms with Gasteiger partial charge in [-0.2, -0.15) is 0 Å². The molecular formula is C19H34N4O2. The molecular weight excluding hydrogens is 316 g/mol. The van der Waals surface area contributed by atoms with E-state index in [1.807, 2.05) is 6.92 Å². The number of ether oxygens (including phenoxy) is 1. The Hall–Kier alpha value is -1.72. The van der Waals surface area contributed by atoms with Gasteiger partial charge in [0.1, 0.15) is 0 Å². The summed E-state index contributed by atoms with van der Waals surface area (Å²) in [5, 5.41) is 6.86. The Balaban J connectivity index is 1.76. The van der Waals surface area contributed by atoms with Crippen LogP contribution in [0.25, 0.3) is 0 Å². The molecule has 0 atom stereocenters. The molecule has 2 aliphatic rings. The molecule has 6 nitrogen and oxygen atoms in total. The summed E-state index contributed by atoms with van der Waals surface area (Å²) in [6, 6.07) is 0.359. The number of likely N-dealkylation sites (tertiary alicyclic amines) is 1. The maximum absolute atomic E-state index is 11.8. The smallest absolute Gasteiger partial charge is 0.409 e. The van der Waals surface area contributed by atoms with Gasteiger partial charge in [0, 0.05) is 32.2 Å². The third-order valence-corrected chi connectivity index (χ3v) is 4.79. The number of guanidine groups is 1. The SMILES string of the molecule is CCNC(=NCCC1=CCCCC1)NC1CCN(C(=O)OCC)CC1. The number of nitrogens with one attached hydrogen (secondary N) is 2. The third kappa shape index (κ3) is 6.96. The minimum atomic E-state index is -0.192. The Morgan fingerprint density at radius 2 is 2.12 bits per heavy atom. The minimum absolute atomic E-state index is 0.192. The number of carbonyl (C=O) groups excluding carboxylic acids is 1. The summed E-state index contributed by atoms with van der Waals surface area (Å²) >= 11 is 0. The summed E-state index contributed by atoms with van der Waals surface area (Å²) in [6.07, 6.45) is 10.3. The zero-order valence-corrected chi connectivity index (χ0v) is 15.9. The van der Waals surface area contributed by atoms with E-state index in [0.29, 0.717) is 12.6 Å². The van der Waals surface area contributed by atoms with Crippen LogP contribution in [0.3, 0.4) is 0 Å². The van der Waals surface area contributed by atoms with E-state index in [1.54, 1.807) is 10.5 Å². The van der Waals surface area contributed by atoms with Gasteiger partial charge in [0.25, 0.3) is 0 Å². The fourth-order valence-electron chi connectivity index (χ4n) is 3.38. The number of carbonyl (C=O) groups is 1. The molecule has 0 spiro atoms. The molecule has 6 heteroatoms. The molecule has 0 aromatic rings. The highest BCUT2D eigenvalue weighted by atomic mass is 16.6. The van der Waals surface area contributed by atoms with E-state index < -0.39 is 0 Å². The molecule has 0 unspecified atom stereocenters. The van der Waals surface area contributed by atoms with Crippen molar-refractivity contribution in [1.82, 2.24) is 15.5 Å². The van der Waals surface area contributed by atoms with Crippen molar-refractivity contribution in [3.63, 3.8) is 0 Å². The summed E-state index contributed by atoms with van der Waals surface area (Å²) in [4.78, 5) is 18.3. The molecule has 2 rings (SSSR count). The lowest BCUT2D eigenvalue weighted by Gasteiger charge is -2.32. The van der Waals surface area contributed by atoms with Gasteiger partial charge in [0.15, 0.2) is 5.96 Å². The van der Waals surface area contributed by atoms with E-state index in [9.17, 15) is 4.79 Å². The summed E-state index contributed by atoms with van der Waals surface area (Å²) in [7, 11) is 0. The number of amides is 1. The number of piperidine rings is 1. The average molecular weight is 351 g/mol. The number of hydrogen-bond donors (Lipinski definition) is 2. The standard InChI is InChI=1S/C19H34N4O2/c1-3-20-18(21-13-10-16-8-6-5-7-9-16)22-17-11-14-23(15-12-17)19(24)25-4-2/h8,17H,3-7,9-15H2,1-2H3,(H2,20,21,22). The van der Waals surface area contributed by atoms with Crippen LogP contribution >= 0.6 is 0 Å². The van der Waals surface area contributed by atoms with Crippen LogP contribution in [0.15, 0.2) is 16.6 Å². The third-order valence-electron chi connectivity index (χ3n) is 4.79. The van der Waals surface area contributed by atoms with Gasteiger partial charge in [-0.1, -0.05) is 11.6 Å². The Labute approximate surface area is 152 Å². The predicted octanol–water partition coefficient (Wildman–Crippen LogP) is 3.05. The summed E-state index contributed by atoms with van der Waals surface area (Å²) in [5.74, 6) is 0.897. The Morgan fingerprint density at radius 1 is 1.32 bits per heavy atom. The molecule has 0 bridgehead atoms. The number of aliphatic imine (C=N–C) groups is 1. The number of allylic oxidation sites excluding steroid dienone is 1. The molecule has 1 amide bonds. The van der Waals surface area contributed by atoms with Crippen LogP contribution in [0, 0.1) is 0 Å². The van der Waals surface area contributed by atoms with Crippen molar-refractivity contribution in [3.8, 4) is 0 Å². The molecule has 0 radical (unpaired) electrons. The van der Waals surface area contributed by atoms with Gasteiger partial charge in [-0.25, -0.2) is 4.79 Å². The minimum Gasteiger partial charge on any atom is -0.450 e. The number of hydrogen-bond acceptors (Lipinski definition) is 3. The molecule has 0 saturated carbocycles. The quantitative estimate of drug-likeness (QED) is 0.439. The fraction of sp³-hybridized carbons (Fsp3) is 0.789. The van der Waals surface area contributed by atoms with Crippen molar-refractivity contribution in [2.75, 3.05) is 32.8 Å². The van der Waals surface area contributed by atoms with E-state index in [4.69, 9.17) is 9.73 Å². The van der Waals surface area contributed by atoms with Crippen molar-refractivity contribution in [2.45, 2.75) is 64.8 Å². The molecule has 1 saturated heterocycles. The van der Waals surface area contributed by atoms with Gasteiger partial charge < -0.3 is 20.3 Å². The second-order valence-corrected chi connectivity index (χ2v) is 6.72. The molecule has 0 aromatic heterocycles. The van der Waals surface area contributed by atoms with Crippen molar-refractivity contribution >= 4 is 12.1 Å². The zero-order chi connectivity index (χ0) is 17.9. The maximum atomic E-state index is 11.8. The molecule has 1 aliphatic carbocycles. The van der Waals surface area contributed by atoms with E-state index in [2.05, 4.69) is 23.6 Å². The largest absolute Gasteiger partial charge is 0.450 e. The van der Waals surface area contributed by atoms with Gasteiger partial charge in [0.05, 0.1) is 6.61 Å². The Bertz CT molecular complexity index is 468. The van der Waals surface area contributed by atoms with Crippen LogP contribution in [-0.2, 0) is 4.74 Å². The van der Waals surface area contributed by atoms with Crippen LogP contribution in [0.1, 0.15) is 58.8 Å². The molecule has 1 heterocycles. The first-order valence-electron chi connectivity index (χ1n) is 9.87. The van der Waals surface area contributed by atoms with E-state index in [-0.39, 0.29) is 6.09 Å². The van der Waals surface area contributed by atoms with Gasteiger partial charge in [-0.15, -0.1) is 0 Å². The van der Waals surface area contributed by atoms with Gasteiger partial charge in [-0.3, -0.25) is 4.99 Å². The lowest BCUT2D eigenvalue weighted by atomic mass is 9.97. The molecule has 142 valence electrons. The molecule has 0 aromatic carbocycles. The monoisotopic (exact) mass is 350 g/mol. The van der Waals surface area contributed by atoms with E-state index in [1.165, 1.54) is 25.7 Å². The number of nitrogens with zero attached hydrogens (tertiary/aromatic N) is 2. The van der Waals surface area contributed by atoms with Crippen LogP contribution in [0.2, 0.25) is 0 Å². The molecule has 2 N–H and O–H groups in total. The normalized spacial score (nSPS) is 19.4. The lowest BCUT2D eigenvalue weighted by Crippen LogP contribution is -2.49. The van der Waals surface area contributed by atoms with Crippen LogP contribution < -0.4 is 10.6 Å². The van der Waals surface area contributed by atoms with Crippen molar-refractivity contribution in [1.29, 1.82) is 0 Å². The lowest BCUT2D eigenvalue weighted by molar-refractivity contribution is 0.0963. The van der Waals surface area contributed by atoms with Crippen LogP contribution in [0.5, 0.6) is 0 Å². The summed E-state index contributed by atoms with van der Waals surface area (Å²) < 4.78 is 5.07. The highest BCUT2D eigenvalue weighted by molar-refractivity contribution is 5.80. The summed E-state index contributed by atoms with van der Waals surface area (Å²) in [6.45, 7) is 7.54. The summed E-state index contributed by atoms with van der Waals surface area (Å²) in [5.41, 5.74) is 1.56. The van der Waals surface area contributed by atoms with E-state index in [0.717, 1.165) is 51.4 Å². The first kappa shape index (κ1) is 19.6. The van der Waals surface area contributed by atoms with Crippen LogP contribution in [-0.4, -0.2) is 55.8 Å². The van der Waals surface area contributed by atoms with Crippen molar-refractivity contribution < 1.29 is 9.53 Å². The molecule has 25 heavy (non-hydrogen) atoms. The average Bonchev–Trinajstić information content (AvgIpc) is 2.63. The van der Waals surface area contributed by atoms with Gasteiger partial charge in [0.2, 0.25) is 0 Å². The van der Waals surface area contributed by atoms with Gasteiger partial charge in [-0.05, 0) is 58.8 Å². The fourth-order valence-corrected chi connectivity index (χ4v) is 3.38. The highest BCUT2D eigenvalue weighted by Gasteiger charge is 2.24. The number of rotatable bonds is 6. The van der Waals surface area contributed by atoms with Crippen molar-refractivity contribution in [2.24, 2.45) is 4.99 Å². The Morgan fingerprint density at radius 3 is 2.76 bits per heavy atom. The molecule has 1 fully saturated rings. The van der Waals surface area contributed by atoms with E-state index >= 15 is 0 Å². The first-order chi connectivity index (χ1) is 12.2. The zero-order valence-electron chi connectivity index (χ0n) is 15.9.